The van der Waals surface area contributed by atoms with Gasteiger partial charge in [0.15, 0.2) is 0 Å². The molecule has 0 saturated carbocycles. The third-order valence-corrected chi connectivity index (χ3v) is 3.09. The number of aromatic nitrogens is 2. The van der Waals surface area contributed by atoms with Gasteiger partial charge < -0.3 is 10.4 Å². The molecule has 0 aliphatic rings. The number of aryl methyl sites for hydroxylation is 3. The van der Waals surface area contributed by atoms with E-state index in [4.69, 9.17) is 5.11 Å². The fourth-order valence-corrected chi connectivity index (χ4v) is 2.38. The van der Waals surface area contributed by atoms with E-state index in [1.165, 1.54) is 17.1 Å². The molecule has 1 amide bonds. The Morgan fingerprint density at radius 3 is 2.43 bits per heavy atom. The molecule has 0 saturated heterocycles. The third kappa shape index (κ3) is 3.47. The van der Waals surface area contributed by atoms with Gasteiger partial charge in [0, 0.05) is 11.8 Å². The van der Waals surface area contributed by atoms with Crippen molar-refractivity contribution in [3.05, 3.63) is 46.8 Å². The predicted molar refractivity (Wildman–Crippen MR) is 78.5 cm³/mol. The van der Waals surface area contributed by atoms with Crippen molar-refractivity contribution in [3.8, 4) is 0 Å². The predicted octanol–water partition coefficient (Wildman–Crippen LogP) is 2.15. The van der Waals surface area contributed by atoms with E-state index < -0.39 is 5.97 Å². The maximum absolute atomic E-state index is 12.3. The van der Waals surface area contributed by atoms with E-state index in [1.807, 2.05) is 32.9 Å². The molecule has 0 bridgehead atoms. The zero-order valence-electron chi connectivity index (χ0n) is 12.2. The first-order valence-corrected chi connectivity index (χ1v) is 6.50. The van der Waals surface area contributed by atoms with Gasteiger partial charge >= 0.3 is 5.97 Å². The summed E-state index contributed by atoms with van der Waals surface area (Å²) in [5.41, 5.74) is 4.02. The molecule has 21 heavy (non-hydrogen) atoms. The summed E-state index contributed by atoms with van der Waals surface area (Å²) >= 11 is 0. The van der Waals surface area contributed by atoms with Crippen LogP contribution in [0.3, 0.4) is 0 Å². The maximum Gasteiger partial charge on any atom is 0.325 e. The summed E-state index contributed by atoms with van der Waals surface area (Å²) in [4.78, 5) is 22.9. The van der Waals surface area contributed by atoms with E-state index in [1.54, 1.807) is 0 Å². The summed E-state index contributed by atoms with van der Waals surface area (Å²) in [6, 6.07) is 3.91. The van der Waals surface area contributed by atoms with Crippen molar-refractivity contribution in [1.82, 2.24) is 9.78 Å². The highest BCUT2D eigenvalue weighted by Gasteiger charge is 2.14. The van der Waals surface area contributed by atoms with Gasteiger partial charge in [-0.3, -0.25) is 14.3 Å². The Morgan fingerprint density at radius 2 is 1.86 bits per heavy atom. The van der Waals surface area contributed by atoms with Crippen LogP contribution in [0.4, 0.5) is 5.69 Å². The van der Waals surface area contributed by atoms with Gasteiger partial charge in [-0.05, 0) is 31.9 Å². The van der Waals surface area contributed by atoms with Gasteiger partial charge in [-0.1, -0.05) is 17.7 Å². The van der Waals surface area contributed by atoms with Crippen molar-refractivity contribution in [3.63, 3.8) is 0 Å². The molecule has 0 aliphatic heterocycles. The number of aliphatic carboxylic acids is 1. The number of rotatable bonds is 4. The van der Waals surface area contributed by atoms with Gasteiger partial charge in [-0.15, -0.1) is 0 Å². The quantitative estimate of drug-likeness (QED) is 0.902. The van der Waals surface area contributed by atoms with Gasteiger partial charge in [-0.2, -0.15) is 5.10 Å². The van der Waals surface area contributed by atoms with Crippen LogP contribution < -0.4 is 5.32 Å². The number of nitrogens with one attached hydrogen (secondary N) is 1. The second-order valence-corrected chi connectivity index (χ2v) is 5.05. The lowest BCUT2D eigenvalue weighted by atomic mass is 9.99. The number of nitrogens with zero attached hydrogens (tertiary/aromatic N) is 2. The summed E-state index contributed by atoms with van der Waals surface area (Å²) in [7, 11) is 0. The highest BCUT2D eigenvalue weighted by Crippen LogP contribution is 2.18. The first kappa shape index (κ1) is 14.8. The highest BCUT2D eigenvalue weighted by atomic mass is 16.4. The average molecular weight is 287 g/mol. The van der Waals surface area contributed by atoms with Crippen molar-refractivity contribution >= 4 is 17.6 Å². The molecule has 110 valence electrons. The molecule has 0 spiro atoms. The number of hydrogen-bond acceptors (Lipinski definition) is 3. The van der Waals surface area contributed by atoms with E-state index in [0.717, 1.165) is 16.7 Å². The second-order valence-electron chi connectivity index (χ2n) is 5.05. The fourth-order valence-electron chi connectivity index (χ4n) is 2.38. The lowest BCUT2D eigenvalue weighted by Crippen LogP contribution is -2.15. The lowest BCUT2D eigenvalue weighted by Gasteiger charge is -2.10. The van der Waals surface area contributed by atoms with Crippen molar-refractivity contribution in [2.24, 2.45) is 0 Å². The largest absolute Gasteiger partial charge is 0.480 e. The Labute approximate surface area is 122 Å². The van der Waals surface area contributed by atoms with Gasteiger partial charge in [-0.25, -0.2) is 0 Å². The molecule has 1 aromatic heterocycles. The van der Waals surface area contributed by atoms with Crippen molar-refractivity contribution in [2.45, 2.75) is 27.3 Å². The van der Waals surface area contributed by atoms with Crippen molar-refractivity contribution < 1.29 is 14.7 Å². The van der Waals surface area contributed by atoms with E-state index in [-0.39, 0.29) is 12.5 Å². The normalized spacial score (nSPS) is 10.4. The first-order valence-electron chi connectivity index (χ1n) is 6.50. The molecule has 6 nitrogen and oxygen atoms in total. The van der Waals surface area contributed by atoms with E-state index in [2.05, 4.69) is 10.4 Å². The van der Waals surface area contributed by atoms with Crippen LogP contribution in [0.1, 0.15) is 27.0 Å². The number of carboxylic acid groups (broad SMARTS) is 1. The number of benzene rings is 1. The number of amides is 1. The van der Waals surface area contributed by atoms with Crippen LogP contribution in [0.2, 0.25) is 0 Å². The molecular weight excluding hydrogens is 270 g/mol. The Kier molecular flexibility index (Phi) is 4.07. The summed E-state index contributed by atoms with van der Waals surface area (Å²) < 4.78 is 1.26. The molecule has 1 heterocycles. The SMILES string of the molecule is Cc1cc(C)c(C(=O)Nc2cnn(CC(=O)O)c2)c(C)c1. The molecule has 2 N–H and O–H groups in total. The zero-order chi connectivity index (χ0) is 15.6. The molecule has 0 fully saturated rings. The summed E-state index contributed by atoms with van der Waals surface area (Å²) in [5.74, 6) is -1.21. The van der Waals surface area contributed by atoms with Gasteiger partial charge in [0.25, 0.3) is 5.91 Å². The Balaban J connectivity index is 2.18. The third-order valence-electron chi connectivity index (χ3n) is 3.09. The van der Waals surface area contributed by atoms with E-state index in [9.17, 15) is 9.59 Å². The average Bonchev–Trinajstić information content (AvgIpc) is 2.73. The summed E-state index contributed by atoms with van der Waals surface area (Å²) in [5, 5.41) is 15.3. The van der Waals surface area contributed by atoms with E-state index in [0.29, 0.717) is 11.3 Å². The van der Waals surface area contributed by atoms with Gasteiger partial charge in [0.05, 0.1) is 11.9 Å². The number of hydrogen-bond donors (Lipinski definition) is 2. The molecule has 0 atom stereocenters. The minimum absolute atomic E-state index is 0.222. The minimum Gasteiger partial charge on any atom is -0.480 e. The standard InChI is InChI=1S/C15H17N3O3/c1-9-4-10(2)14(11(3)5-9)15(21)17-12-6-16-18(7-12)8-13(19)20/h4-7H,8H2,1-3H3,(H,17,21)(H,19,20). The van der Waals surface area contributed by atoms with Gasteiger partial charge in [0.1, 0.15) is 6.54 Å². The monoisotopic (exact) mass is 287 g/mol. The fraction of sp³-hybridized carbons (Fsp3) is 0.267. The topological polar surface area (TPSA) is 84.2 Å². The molecule has 0 radical (unpaired) electrons. The Hall–Kier alpha value is -2.63. The number of carbonyl (C=O) groups is 2. The first-order chi connectivity index (χ1) is 9.86. The Morgan fingerprint density at radius 1 is 1.24 bits per heavy atom. The van der Waals surface area contributed by atoms with Crippen LogP contribution >= 0.6 is 0 Å². The number of anilines is 1. The molecule has 0 aliphatic carbocycles. The van der Waals surface area contributed by atoms with Crippen LogP contribution in [-0.2, 0) is 11.3 Å². The number of carbonyl (C=O) groups excluding carboxylic acids is 1. The van der Waals surface area contributed by atoms with Crippen LogP contribution in [0, 0.1) is 20.8 Å². The molecule has 2 aromatic rings. The van der Waals surface area contributed by atoms with Crippen molar-refractivity contribution in [2.75, 3.05) is 5.32 Å². The molecule has 0 unspecified atom stereocenters. The molecule has 1 aromatic carbocycles. The number of carboxylic acids is 1. The van der Waals surface area contributed by atoms with Crippen molar-refractivity contribution in [1.29, 1.82) is 0 Å². The smallest absolute Gasteiger partial charge is 0.325 e. The van der Waals surface area contributed by atoms with Crippen LogP contribution in [0.25, 0.3) is 0 Å². The van der Waals surface area contributed by atoms with E-state index >= 15 is 0 Å². The molecular formula is C15H17N3O3. The highest BCUT2D eigenvalue weighted by molar-refractivity contribution is 6.06. The van der Waals surface area contributed by atoms with Crippen LogP contribution in [0.5, 0.6) is 0 Å². The van der Waals surface area contributed by atoms with Gasteiger partial charge in [0.2, 0.25) is 0 Å². The minimum atomic E-state index is -0.985. The zero-order valence-corrected chi connectivity index (χ0v) is 12.2. The Bertz CT molecular complexity index is 681. The summed E-state index contributed by atoms with van der Waals surface area (Å²) in [6.07, 6.45) is 2.92. The van der Waals surface area contributed by atoms with Crippen LogP contribution in [0.15, 0.2) is 24.5 Å². The molecule has 2 rings (SSSR count). The summed E-state index contributed by atoms with van der Waals surface area (Å²) in [6.45, 7) is 5.53. The maximum atomic E-state index is 12.3. The lowest BCUT2D eigenvalue weighted by molar-refractivity contribution is -0.137. The van der Waals surface area contributed by atoms with Crippen LogP contribution in [-0.4, -0.2) is 26.8 Å². The molecule has 6 heteroatoms. The second kappa shape index (κ2) is 5.78.